The fourth-order valence-electron chi connectivity index (χ4n) is 1.88. The van der Waals surface area contributed by atoms with Gasteiger partial charge in [-0.15, -0.1) is 0 Å². The van der Waals surface area contributed by atoms with Gasteiger partial charge in [-0.2, -0.15) is 0 Å². The topological polar surface area (TPSA) is 75.6 Å². The molecular weight excluding hydrogens is 270 g/mol. The standard InChI is InChI=1S/C16H23NO4/c1-4-13(9-16(19)20)17-15(18)10-21-14-7-5-12(6-8-14)11(2)3/h5-8,11,13H,4,9-10H2,1-3H3,(H,17,18)(H,19,20). The summed E-state index contributed by atoms with van der Waals surface area (Å²) in [7, 11) is 0. The van der Waals surface area contributed by atoms with Crippen molar-refractivity contribution in [2.24, 2.45) is 0 Å². The molecule has 2 N–H and O–H groups in total. The summed E-state index contributed by atoms with van der Waals surface area (Å²) >= 11 is 0. The Labute approximate surface area is 125 Å². The highest BCUT2D eigenvalue weighted by atomic mass is 16.5. The highest BCUT2D eigenvalue weighted by Crippen LogP contribution is 2.18. The summed E-state index contributed by atoms with van der Waals surface area (Å²) in [5.74, 6) is -0.159. The van der Waals surface area contributed by atoms with Gasteiger partial charge in [-0.05, 0) is 30.0 Å². The summed E-state index contributed by atoms with van der Waals surface area (Å²) in [6.45, 7) is 5.93. The van der Waals surface area contributed by atoms with Crippen molar-refractivity contribution < 1.29 is 19.4 Å². The fourth-order valence-corrected chi connectivity index (χ4v) is 1.88. The number of carbonyl (C=O) groups is 2. The van der Waals surface area contributed by atoms with Crippen molar-refractivity contribution in [2.45, 2.75) is 45.6 Å². The molecule has 0 saturated heterocycles. The maximum Gasteiger partial charge on any atom is 0.305 e. The number of hydrogen-bond acceptors (Lipinski definition) is 3. The first-order valence-corrected chi connectivity index (χ1v) is 7.16. The van der Waals surface area contributed by atoms with Gasteiger partial charge in [0, 0.05) is 6.04 Å². The average Bonchev–Trinajstić information content (AvgIpc) is 2.44. The third kappa shape index (κ3) is 6.29. The number of aliphatic carboxylic acids is 1. The van der Waals surface area contributed by atoms with E-state index in [-0.39, 0.29) is 25.0 Å². The highest BCUT2D eigenvalue weighted by molar-refractivity contribution is 5.78. The van der Waals surface area contributed by atoms with Crippen LogP contribution in [0.5, 0.6) is 5.75 Å². The molecule has 0 aliphatic heterocycles. The number of carboxylic acid groups (broad SMARTS) is 1. The monoisotopic (exact) mass is 293 g/mol. The third-order valence-corrected chi connectivity index (χ3v) is 3.20. The Kier molecular flexibility index (Phi) is 6.72. The van der Waals surface area contributed by atoms with Crippen LogP contribution in [-0.4, -0.2) is 29.6 Å². The molecule has 1 aromatic carbocycles. The molecule has 0 saturated carbocycles. The van der Waals surface area contributed by atoms with Crippen molar-refractivity contribution in [1.82, 2.24) is 5.32 Å². The van der Waals surface area contributed by atoms with E-state index in [0.29, 0.717) is 18.1 Å². The Morgan fingerprint density at radius 2 is 1.86 bits per heavy atom. The zero-order valence-electron chi connectivity index (χ0n) is 12.8. The molecule has 1 unspecified atom stereocenters. The summed E-state index contributed by atoms with van der Waals surface area (Å²) in [6, 6.07) is 7.24. The van der Waals surface area contributed by atoms with Gasteiger partial charge in [-0.1, -0.05) is 32.9 Å². The van der Waals surface area contributed by atoms with Gasteiger partial charge >= 0.3 is 5.97 Å². The number of ether oxygens (including phenoxy) is 1. The molecule has 0 aromatic heterocycles. The van der Waals surface area contributed by atoms with Crippen LogP contribution in [0.3, 0.4) is 0 Å². The van der Waals surface area contributed by atoms with Gasteiger partial charge in [0.25, 0.3) is 5.91 Å². The predicted molar refractivity (Wildman–Crippen MR) is 80.5 cm³/mol. The van der Waals surface area contributed by atoms with E-state index < -0.39 is 5.97 Å². The molecule has 0 radical (unpaired) electrons. The van der Waals surface area contributed by atoms with Gasteiger partial charge in [0.2, 0.25) is 0 Å². The Hall–Kier alpha value is -2.04. The quantitative estimate of drug-likeness (QED) is 0.772. The first kappa shape index (κ1) is 17.0. The van der Waals surface area contributed by atoms with Gasteiger partial charge < -0.3 is 15.2 Å². The van der Waals surface area contributed by atoms with Crippen LogP contribution in [0.25, 0.3) is 0 Å². The number of hydrogen-bond donors (Lipinski definition) is 2. The van der Waals surface area contributed by atoms with Gasteiger partial charge in [0.15, 0.2) is 6.61 Å². The van der Waals surface area contributed by atoms with Gasteiger partial charge in [-0.3, -0.25) is 9.59 Å². The van der Waals surface area contributed by atoms with Crippen LogP contribution in [0.15, 0.2) is 24.3 Å². The minimum atomic E-state index is -0.924. The van der Waals surface area contributed by atoms with E-state index in [9.17, 15) is 9.59 Å². The zero-order valence-corrected chi connectivity index (χ0v) is 12.8. The van der Waals surface area contributed by atoms with Gasteiger partial charge in [0.05, 0.1) is 6.42 Å². The van der Waals surface area contributed by atoms with Crippen LogP contribution in [0.1, 0.15) is 45.1 Å². The van der Waals surface area contributed by atoms with Gasteiger partial charge in [-0.25, -0.2) is 0 Å². The molecule has 1 amide bonds. The second-order valence-electron chi connectivity index (χ2n) is 5.28. The lowest BCUT2D eigenvalue weighted by Gasteiger charge is -2.15. The molecule has 1 aromatic rings. The largest absolute Gasteiger partial charge is 0.484 e. The molecule has 0 heterocycles. The number of benzene rings is 1. The van der Waals surface area contributed by atoms with E-state index in [1.165, 1.54) is 5.56 Å². The lowest BCUT2D eigenvalue weighted by Crippen LogP contribution is -2.38. The summed E-state index contributed by atoms with van der Waals surface area (Å²) in [6.07, 6.45) is 0.493. The summed E-state index contributed by atoms with van der Waals surface area (Å²) in [5, 5.41) is 11.4. The first-order chi connectivity index (χ1) is 9.92. The Morgan fingerprint density at radius 3 is 2.33 bits per heavy atom. The zero-order chi connectivity index (χ0) is 15.8. The van der Waals surface area contributed by atoms with Crippen molar-refractivity contribution in [2.75, 3.05) is 6.61 Å². The molecule has 5 nitrogen and oxygen atoms in total. The molecule has 0 spiro atoms. The lowest BCUT2D eigenvalue weighted by atomic mass is 10.0. The normalized spacial score (nSPS) is 12.0. The second-order valence-corrected chi connectivity index (χ2v) is 5.28. The number of amides is 1. The first-order valence-electron chi connectivity index (χ1n) is 7.16. The Balaban J connectivity index is 2.43. The molecule has 116 valence electrons. The van der Waals surface area contributed by atoms with E-state index in [4.69, 9.17) is 9.84 Å². The van der Waals surface area contributed by atoms with E-state index in [1.54, 1.807) is 0 Å². The molecule has 5 heteroatoms. The summed E-state index contributed by atoms with van der Waals surface area (Å²) in [4.78, 5) is 22.3. The van der Waals surface area contributed by atoms with Crippen LogP contribution in [0.2, 0.25) is 0 Å². The molecule has 0 aliphatic rings. The fraction of sp³-hybridized carbons (Fsp3) is 0.500. The molecule has 1 atom stereocenters. The van der Waals surface area contributed by atoms with Crippen molar-refractivity contribution >= 4 is 11.9 Å². The van der Waals surface area contributed by atoms with Crippen LogP contribution >= 0.6 is 0 Å². The molecule has 21 heavy (non-hydrogen) atoms. The van der Waals surface area contributed by atoms with E-state index in [0.717, 1.165) is 0 Å². The molecule has 1 rings (SSSR count). The minimum absolute atomic E-state index is 0.0781. The summed E-state index contributed by atoms with van der Waals surface area (Å²) in [5.41, 5.74) is 1.21. The van der Waals surface area contributed by atoms with Crippen LogP contribution < -0.4 is 10.1 Å². The Morgan fingerprint density at radius 1 is 1.24 bits per heavy atom. The SMILES string of the molecule is CCC(CC(=O)O)NC(=O)COc1ccc(C(C)C)cc1. The molecule has 0 fully saturated rings. The molecule has 0 aliphatic carbocycles. The van der Waals surface area contributed by atoms with Crippen molar-refractivity contribution in [3.8, 4) is 5.75 Å². The van der Waals surface area contributed by atoms with Crippen LogP contribution in [0.4, 0.5) is 0 Å². The van der Waals surface area contributed by atoms with E-state index >= 15 is 0 Å². The number of rotatable bonds is 8. The second kappa shape index (κ2) is 8.29. The van der Waals surface area contributed by atoms with Crippen LogP contribution in [0, 0.1) is 0 Å². The van der Waals surface area contributed by atoms with Crippen LogP contribution in [-0.2, 0) is 9.59 Å². The third-order valence-electron chi connectivity index (χ3n) is 3.20. The number of carboxylic acids is 1. The van der Waals surface area contributed by atoms with E-state index in [1.807, 2.05) is 31.2 Å². The molecular formula is C16H23NO4. The van der Waals surface area contributed by atoms with Crippen molar-refractivity contribution in [3.63, 3.8) is 0 Å². The Bertz CT molecular complexity index is 468. The number of nitrogens with one attached hydrogen (secondary N) is 1. The predicted octanol–water partition coefficient (Wildman–Crippen LogP) is 2.56. The van der Waals surface area contributed by atoms with Crippen molar-refractivity contribution in [3.05, 3.63) is 29.8 Å². The maximum absolute atomic E-state index is 11.7. The number of carbonyl (C=O) groups excluding carboxylic acids is 1. The van der Waals surface area contributed by atoms with Gasteiger partial charge in [0.1, 0.15) is 5.75 Å². The molecule has 0 bridgehead atoms. The highest BCUT2D eigenvalue weighted by Gasteiger charge is 2.14. The smallest absolute Gasteiger partial charge is 0.305 e. The lowest BCUT2D eigenvalue weighted by molar-refractivity contribution is -0.137. The summed E-state index contributed by atoms with van der Waals surface area (Å²) < 4.78 is 5.39. The van der Waals surface area contributed by atoms with E-state index in [2.05, 4.69) is 19.2 Å². The minimum Gasteiger partial charge on any atom is -0.484 e. The maximum atomic E-state index is 11.7. The van der Waals surface area contributed by atoms with Crippen molar-refractivity contribution in [1.29, 1.82) is 0 Å². The average molecular weight is 293 g/mol.